The molecule has 1 N–H and O–H groups in total. The molecular formula is C12H8BrCl2NOS. The standard InChI is InChI=1S/C12H8BrCl2NOS/c13-8-4-5-18-10(8)6-16-12(17)7-2-1-3-9(14)11(7)15/h1-5H,6H2,(H,16,17). The maximum Gasteiger partial charge on any atom is 0.253 e. The summed E-state index contributed by atoms with van der Waals surface area (Å²) in [5, 5.41) is 5.42. The van der Waals surface area contributed by atoms with Gasteiger partial charge in [0, 0.05) is 9.35 Å². The van der Waals surface area contributed by atoms with Gasteiger partial charge in [-0.15, -0.1) is 11.3 Å². The van der Waals surface area contributed by atoms with Gasteiger partial charge in [0.1, 0.15) is 0 Å². The van der Waals surface area contributed by atoms with Crippen LogP contribution in [-0.2, 0) is 6.54 Å². The van der Waals surface area contributed by atoms with E-state index in [-0.39, 0.29) is 10.9 Å². The Balaban J connectivity index is 2.09. The van der Waals surface area contributed by atoms with Crippen molar-refractivity contribution in [3.8, 4) is 0 Å². The van der Waals surface area contributed by atoms with Crippen molar-refractivity contribution in [3.63, 3.8) is 0 Å². The van der Waals surface area contributed by atoms with E-state index in [4.69, 9.17) is 23.2 Å². The zero-order valence-electron chi connectivity index (χ0n) is 9.04. The largest absolute Gasteiger partial charge is 0.347 e. The molecule has 0 saturated heterocycles. The maximum absolute atomic E-state index is 12.0. The van der Waals surface area contributed by atoms with E-state index in [1.165, 1.54) is 0 Å². The molecule has 0 atom stereocenters. The van der Waals surface area contributed by atoms with Crippen LogP contribution in [0, 0.1) is 0 Å². The first-order valence-electron chi connectivity index (χ1n) is 5.03. The topological polar surface area (TPSA) is 29.1 Å². The second-order valence-corrected chi connectivity index (χ2v) is 6.12. The highest BCUT2D eigenvalue weighted by Crippen LogP contribution is 2.26. The smallest absolute Gasteiger partial charge is 0.253 e. The summed E-state index contributed by atoms with van der Waals surface area (Å²) in [6, 6.07) is 6.94. The average Bonchev–Trinajstić information content (AvgIpc) is 2.75. The van der Waals surface area contributed by atoms with Gasteiger partial charge in [-0.2, -0.15) is 0 Å². The van der Waals surface area contributed by atoms with Crippen molar-refractivity contribution < 1.29 is 4.79 Å². The average molecular weight is 365 g/mol. The third-order valence-electron chi connectivity index (χ3n) is 2.30. The van der Waals surface area contributed by atoms with Gasteiger partial charge >= 0.3 is 0 Å². The summed E-state index contributed by atoms with van der Waals surface area (Å²) in [4.78, 5) is 13.0. The maximum atomic E-state index is 12.0. The van der Waals surface area contributed by atoms with E-state index in [1.54, 1.807) is 29.5 Å². The number of halogens is 3. The lowest BCUT2D eigenvalue weighted by molar-refractivity contribution is 0.0951. The normalized spacial score (nSPS) is 10.4. The first-order valence-corrected chi connectivity index (χ1v) is 7.46. The lowest BCUT2D eigenvalue weighted by atomic mass is 10.2. The van der Waals surface area contributed by atoms with Crippen molar-refractivity contribution in [1.82, 2.24) is 5.32 Å². The third-order valence-corrected chi connectivity index (χ3v) is 5.04. The molecule has 0 aliphatic rings. The predicted molar refractivity (Wildman–Crippen MR) is 79.7 cm³/mol. The number of nitrogens with one attached hydrogen (secondary N) is 1. The van der Waals surface area contributed by atoms with Crippen LogP contribution in [0.25, 0.3) is 0 Å². The number of thiophene rings is 1. The van der Waals surface area contributed by atoms with Crippen LogP contribution in [0.4, 0.5) is 0 Å². The molecule has 1 amide bonds. The zero-order valence-corrected chi connectivity index (χ0v) is 13.0. The highest BCUT2D eigenvalue weighted by atomic mass is 79.9. The van der Waals surface area contributed by atoms with Gasteiger partial charge in [-0.1, -0.05) is 29.3 Å². The molecule has 0 spiro atoms. The Bertz CT molecular complexity index is 585. The fourth-order valence-corrected chi connectivity index (χ4v) is 3.20. The van der Waals surface area contributed by atoms with Crippen LogP contribution in [0.2, 0.25) is 10.0 Å². The lowest BCUT2D eigenvalue weighted by Gasteiger charge is -2.07. The molecule has 2 nitrogen and oxygen atoms in total. The van der Waals surface area contributed by atoms with Gasteiger partial charge in [0.2, 0.25) is 0 Å². The van der Waals surface area contributed by atoms with E-state index in [2.05, 4.69) is 21.2 Å². The molecule has 6 heteroatoms. The number of amides is 1. The minimum absolute atomic E-state index is 0.234. The molecule has 0 fully saturated rings. The number of carbonyl (C=O) groups excluding carboxylic acids is 1. The van der Waals surface area contributed by atoms with Crippen molar-refractivity contribution in [3.05, 3.63) is 54.6 Å². The molecule has 2 rings (SSSR count). The Morgan fingerprint density at radius 2 is 2.11 bits per heavy atom. The number of carbonyl (C=O) groups is 1. The summed E-state index contributed by atoms with van der Waals surface area (Å²) in [6.07, 6.45) is 0. The fourth-order valence-electron chi connectivity index (χ4n) is 1.39. The molecule has 0 aliphatic heterocycles. The highest BCUT2D eigenvalue weighted by molar-refractivity contribution is 9.10. The van der Waals surface area contributed by atoms with E-state index < -0.39 is 0 Å². The Hall–Kier alpha value is -0.550. The zero-order chi connectivity index (χ0) is 13.1. The van der Waals surface area contributed by atoms with Gasteiger partial charge in [-0.05, 0) is 39.5 Å². The van der Waals surface area contributed by atoms with Crippen LogP contribution in [0.5, 0.6) is 0 Å². The molecule has 0 radical (unpaired) electrons. The fraction of sp³-hybridized carbons (Fsp3) is 0.0833. The van der Waals surface area contributed by atoms with Gasteiger partial charge in [0.15, 0.2) is 0 Å². The van der Waals surface area contributed by atoms with Gasteiger partial charge in [0.05, 0.1) is 22.2 Å². The van der Waals surface area contributed by atoms with Gasteiger partial charge in [-0.3, -0.25) is 4.79 Å². The van der Waals surface area contributed by atoms with Crippen molar-refractivity contribution in [1.29, 1.82) is 0 Å². The monoisotopic (exact) mass is 363 g/mol. The second kappa shape index (κ2) is 6.06. The molecule has 0 aliphatic carbocycles. The van der Waals surface area contributed by atoms with Crippen LogP contribution < -0.4 is 5.32 Å². The van der Waals surface area contributed by atoms with Gasteiger partial charge < -0.3 is 5.32 Å². The Kier molecular flexibility index (Phi) is 4.67. The van der Waals surface area contributed by atoms with Gasteiger partial charge in [0.25, 0.3) is 5.91 Å². The minimum Gasteiger partial charge on any atom is -0.347 e. The Morgan fingerprint density at radius 1 is 1.33 bits per heavy atom. The summed E-state index contributed by atoms with van der Waals surface area (Å²) in [6.45, 7) is 0.458. The van der Waals surface area contributed by atoms with Crippen LogP contribution in [0.15, 0.2) is 34.1 Å². The number of hydrogen-bond acceptors (Lipinski definition) is 2. The van der Waals surface area contributed by atoms with Crippen molar-refractivity contribution >= 4 is 56.4 Å². The van der Waals surface area contributed by atoms with E-state index in [9.17, 15) is 4.79 Å². The number of hydrogen-bond donors (Lipinski definition) is 1. The molecule has 2 aromatic rings. The quantitative estimate of drug-likeness (QED) is 0.836. The number of rotatable bonds is 3. The van der Waals surface area contributed by atoms with E-state index in [0.717, 1.165) is 9.35 Å². The second-order valence-electron chi connectivity index (χ2n) is 3.48. The van der Waals surface area contributed by atoms with Crippen LogP contribution in [0.1, 0.15) is 15.2 Å². The molecule has 94 valence electrons. The van der Waals surface area contributed by atoms with E-state index in [0.29, 0.717) is 17.1 Å². The first-order chi connectivity index (χ1) is 8.59. The molecule has 1 heterocycles. The third kappa shape index (κ3) is 3.06. The van der Waals surface area contributed by atoms with Gasteiger partial charge in [-0.25, -0.2) is 0 Å². The SMILES string of the molecule is O=C(NCc1sccc1Br)c1cccc(Cl)c1Cl. The molecule has 0 saturated carbocycles. The molecular weight excluding hydrogens is 357 g/mol. The summed E-state index contributed by atoms with van der Waals surface area (Å²) in [5.41, 5.74) is 0.386. The summed E-state index contributed by atoms with van der Waals surface area (Å²) >= 11 is 16.8. The highest BCUT2D eigenvalue weighted by Gasteiger charge is 2.12. The predicted octanol–water partition coefficient (Wildman–Crippen LogP) is 4.75. The molecule has 1 aromatic heterocycles. The molecule has 18 heavy (non-hydrogen) atoms. The van der Waals surface area contributed by atoms with Crippen LogP contribution in [-0.4, -0.2) is 5.91 Å². The van der Waals surface area contributed by atoms with Crippen LogP contribution in [0.3, 0.4) is 0 Å². The molecule has 1 aromatic carbocycles. The minimum atomic E-state index is -0.234. The Labute approximate surface area is 127 Å². The molecule has 0 bridgehead atoms. The van der Waals surface area contributed by atoms with Crippen molar-refractivity contribution in [2.45, 2.75) is 6.54 Å². The summed E-state index contributed by atoms with van der Waals surface area (Å²) in [7, 11) is 0. The van der Waals surface area contributed by atoms with Crippen LogP contribution >= 0.6 is 50.5 Å². The number of benzene rings is 1. The van der Waals surface area contributed by atoms with E-state index >= 15 is 0 Å². The summed E-state index contributed by atoms with van der Waals surface area (Å²) < 4.78 is 0.991. The first kappa shape index (κ1) is 13.9. The van der Waals surface area contributed by atoms with Crippen molar-refractivity contribution in [2.24, 2.45) is 0 Å². The van der Waals surface area contributed by atoms with E-state index in [1.807, 2.05) is 11.4 Å². The molecule has 0 unspecified atom stereocenters. The lowest BCUT2D eigenvalue weighted by Crippen LogP contribution is -2.22. The summed E-state index contributed by atoms with van der Waals surface area (Å²) in [5.74, 6) is -0.234. The Morgan fingerprint density at radius 3 is 2.78 bits per heavy atom. The van der Waals surface area contributed by atoms with Crippen molar-refractivity contribution in [2.75, 3.05) is 0 Å².